The summed E-state index contributed by atoms with van der Waals surface area (Å²) in [5.74, 6) is 0. The second kappa shape index (κ2) is 2.80. The van der Waals surface area contributed by atoms with E-state index in [2.05, 4.69) is 4.98 Å². The standard InChI is InChI=1S/C8H11ClN2/c1-8(2,10)6-3-4-11-7(9)5-6/h3-5H,10H2,1-2H3. The molecule has 0 aliphatic carbocycles. The molecular formula is C8H11ClN2. The van der Waals surface area contributed by atoms with Gasteiger partial charge in [0.05, 0.1) is 0 Å². The average molecular weight is 171 g/mol. The number of nitrogens with two attached hydrogens (primary N) is 1. The summed E-state index contributed by atoms with van der Waals surface area (Å²) in [5, 5.41) is 0.487. The molecule has 0 aliphatic rings. The topological polar surface area (TPSA) is 38.9 Å². The second-order valence-corrected chi connectivity index (χ2v) is 3.48. The minimum absolute atomic E-state index is 0.341. The number of halogens is 1. The fourth-order valence-corrected chi connectivity index (χ4v) is 0.977. The number of hydrogen-bond donors (Lipinski definition) is 1. The van der Waals surface area contributed by atoms with E-state index in [1.807, 2.05) is 19.9 Å². The Morgan fingerprint density at radius 1 is 1.55 bits per heavy atom. The van der Waals surface area contributed by atoms with Gasteiger partial charge in [-0.15, -0.1) is 0 Å². The molecule has 1 aromatic rings. The molecule has 0 amide bonds. The zero-order valence-electron chi connectivity index (χ0n) is 6.63. The van der Waals surface area contributed by atoms with E-state index in [1.54, 1.807) is 12.3 Å². The van der Waals surface area contributed by atoms with Crippen LogP contribution in [0.4, 0.5) is 0 Å². The summed E-state index contributed by atoms with van der Waals surface area (Å²) < 4.78 is 0. The number of pyridine rings is 1. The lowest BCUT2D eigenvalue weighted by atomic mass is 9.97. The molecule has 0 aliphatic heterocycles. The van der Waals surface area contributed by atoms with Gasteiger partial charge in [0.1, 0.15) is 5.15 Å². The van der Waals surface area contributed by atoms with Crippen LogP contribution in [0.1, 0.15) is 19.4 Å². The Morgan fingerprint density at radius 3 is 2.55 bits per heavy atom. The van der Waals surface area contributed by atoms with Crippen molar-refractivity contribution in [3.63, 3.8) is 0 Å². The predicted molar refractivity (Wildman–Crippen MR) is 46.5 cm³/mol. The molecule has 0 atom stereocenters. The maximum atomic E-state index is 5.84. The fourth-order valence-electron chi connectivity index (χ4n) is 0.803. The number of aromatic nitrogens is 1. The summed E-state index contributed by atoms with van der Waals surface area (Å²) >= 11 is 5.68. The van der Waals surface area contributed by atoms with E-state index < -0.39 is 0 Å². The van der Waals surface area contributed by atoms with Crippen LogP contribution in [-0.2, 0) is 5.54 Å². The van der Waals surface area contributed by atoms with E-state index in [-0.39, 0.29) is 5.54 Å². The van der Waals surface area contributed by atoms with Crippen LogP contribution in [0, 0.1) is 0 Å². The van der Waals surface area contributed by atoms with Crippen LogP contribution in [0.3, 0.4) is 0 Å². The van der Waals surface area contributed by atoms with Crippen molar-refractivity contribution in [1.29, 1.82) is 0 Å². The highest BCUT2D eigenvalue weighted by molar-refractivity contribution is 6.29. The molecule has 0 saturated heterocycles. The zero-order chi connectivity index (χ0) is 8.48. The predicted octanol–water partition coefficient (Wildman–Crippen LogP) is 1.93. The molecule has 60 valence electrons. The molecular weight excluding hydrogens is 160 g/mol. The number of rotatable bonds is 1. The first kappa shape index (κ1) is 8.50. The van der Waals surface area contributed by atoms with Crippen LogP contribution >= 0.6 is 11.6 Å². The maximum absolute atomic E-state index is 5.84. The molecule has 11 heavy (non-hydrogen) atoms. The quantitative estimate of drug-likeness (QED) is 0.655. The van der Waals surface area contributed by atoms with Gasteiger partial charge in [0.15, 0.2) is 0 Å². The normalized spacial score (nSPS) is 11.6. The third-order valence-electron chi connectivity index (χ3n) is 1.47. The molecule has 2 nitrogen and oxygen atoms in total. The largest absolute Gasteiger partial charge is 0.322 e. The summed E-state index contributed by atoms with van der Waals surface area (Å²) in [5.41, 5.74) is 6.50. The molecule has 0 aromatic carbocycles. The Morgan fingerprint density at radius 2 is 2.18 bits per heavy atom. The van der Waals surface area contributed by atoms with Gasteiger partial charge in [-0.3, -0.25) is 0 Å². The van der Waals surface area contributed by atoms with Crippen molar-refractivity contribution in [2.24, 2.45) is 5.73 Å². The van der Waals surface area contributed by atoms with Gasteiger partial charge >= 0.3 is 0 Å². The van der Waals surface area contributed by atoms with Crippen molar-refractivity contribution < 1.29 is 0 Å². The van der Waals surface area contributed by atoms with Gasteiger partial charge in [-0.05, 0) is 31.5 Å². The number of hydrogen-bond acceptors (Lipinski definition) is 2. The van der Waals surface area contributed by atoms with Gasteiger partial charge in [-0.2, -0.15) is 0 Å². The fraction of sp³-hybridized carbons (Fsp3) is 0.375. The molecule has 0 unspecified atom stereocenters. The van der Waals surface area contributed by atoms with Gasteiger partial charge < -0.3 is 5.73 Å². The third kappa shape index (κ3) is 2.17. The minimum atomic E-state index is -0.341. The highest BCUT2D eigenvalue weighted by atomic mass is 35.5. The summed E-state index contributed by atoms with van der Waals surface area (Å²) in [6.45, 7) is 3.86. The first-order valence-electron chi connectivity index (χ1n) is 3.41. The van der Waals surface area contributed by atoms with Crippen LogP contribution < -0.4 is 5.73 Å². The third-order valence-corrected chi connectivity index (χ3v) is 1.68. The van der Waals surface area contributed by atoms with Gasteiger partial charge in [0.2, 0.25) is 0 Å². The summed E-state index contributed by atoms with van der Waals surface area (Å²) in [6.07, 6.45) is 1.66. The van der Waals surface area contributed by atoms with Gasteiger partial charge in [0, 0.05) is 11.7 Å². The Bertz CT molecular complexity index is 253. The Labute approximate surface area is 71.4 Å². The highest BCUT2D eigenvalue weighted by Crippen LogP contribution is 2.18. The van der Waals surface area contributed by atoms with E-state index in [9.17, 15) is 0 Å². The molecule has 3 heteroatoms. The Balaban J connectivity index is 3.06. The van der Waals surface area contributed by atoms with Crippen LogP contribution in [-0.4, -0.2) is 4.98 Å². The molecule has 2 N–H and O–H groups in total. The van der Waals surface area contributed by atoms with E-state index in [4.69, 9.17) is 17.3 Å². The van der Waals surface area contributed by atoms with Crippen molar-refractivity contribution >= 4 is 11.6 Å². The molecule has 0 saturated carbocycles. The number of nitrogens with zero attached hydrogens (tertiary/aromatic N) is 1. The molecule has 1 rings (SSSR count). The lowest BCUT2D eigenvalue weighted by Gasteiger charge is -2.18. The molecule has 0 radical (unpaired) electrons. The lowest BCUT2D eigenvalue weighted by molar-refractivity contribution is 0.553. The van der Waals surface area contributed by atoms with Crippen molar-refractivity contribution in [3.8, 4) is 0 Å². The van der Waals surface area contributed by atoms with Gasteiger partial charge in [0.25, 0.3) is 0 Å². The van der Waals surface area contributed by atoms with E-state index in [0.717, 1.165) is 5.56 Å². The zero-order valence-corrected chi connectivity index (χ0v) is 7.39. The Hall–Kier alpha value is -0.600. The summed E-state index contributed by atoms with van der Waals surface area (Å²) in [4.78, 5) is 3.86. The van der Waals surface area contributed by atoms with Crippen molar-refractivity contribution in [1.82, 2.24) is 4.98 Å². The van der Waals surface area contributed by atoms with E-state index in [0.29, 0.717) is 5.15 Å². The first-order valence-corrected chi connectivity index (χ1v) is 3.79. The van der Waals surface area contributed by atoms with Gasteiger partial charge in [-0.1, -0.05) is 11.6 Å². The minimum Gasteiger partial charge on any atom is -0.322 e. The summed E-state index contributed by atoms with van der Waals surface area (Å²) in [7, 11) is 0. The van der Waals surface area contributed by atoms with Crippen LogP contribution in [0.15, 0.2) is 18.3 Å². The maximum Gasteiger partial charge on any atom is 0.129 e. The van der Waals surface area contributed by atoms with E-state index in [1.165, 1.54) is 0 Å². The van der Waals surface area contributed by atoms with Crippen LogP contribution in [0.2, 0.25) is 5.15 Å². The van der Waals surface area contributed by atoms with Crippen LogP contribution in [0.25, 0.3) is 0 Å². The first-order chi connectivity index (χ1) is 5.00. The van der Waals surface area contributed by atoms with Gasteiger partial charge in [-0.25, -0.2) is 4.98 Å². The smallest absolute Gasteiger partial charge is 0.129 e. The lowest BCUT2D eigenvalue weighted by Crippen LogP contribution is -2.28. The van der Waals surface area contributed by atoms with Crippen molar-refractivity contribution in [2.75, 3.05) is 0 Å². The monoisotopic (exact) mass is 170 g/mol. The molecule has 1 aromatic heterocycles. The van der Waals surface area contributed by atoms with Crippen molar-refractivity contribution in [2.45, 2.75) is 19.4 Å². The molecule has 0 bridgehead atoms. The summed E-state index contributed by atoms with van der Waals surface area (Å²) in [6, 6.07) is 3.65. The van der Waals surface area contributed by atoms with E-state index >= 15 is 0 Å². The van der Waals surface area contributed by atoms with Crippen molar-refractivity contribution in [3.05, 3.63) is 29.0 Å². The Kier molecular flexibility index (Phi) is 2.16. The molecule has 1 heterocycles. The molecule has 0 fully saturated rings. The second-order valence-electron chi connectivity index (χ2n) is 3.09. The SMILES string of the molecule is CC(C)(N)c1ccnc(Cl)c1. The van der Waals surface area contributed by atoms with Crippen LogP contribution in [0.5, 0.6) is 0 Å². The average Bonchev–Trinajstić information content (AvgIpc) is 1.86. The molecule has 0 spiro atoms. The highest BCUT2D eigenvalue weighted by Gasteiger charge is 2.13.